The van der Waals surface area contributed by atoms with Crippen LogP contribution < -0.4 is 5.73 Å². The van der Waals surface area contributed by atoms with Crippen molar-refractivity contribution in [2.75, 3.05) is 12.8 Å². The Morgan fingerprint density at radius 3 is 2.53 bits per heavy atom. The zero-order valence-corrected chi connectivity index (χ0v) is 9.61. The van der Waals surface area contributed by atoms with E-state index in [1.165, 1.54) is 6.20 Å². The number of aromatic nitrogens is 2. The van der Waals surface area contributed by atoms with E-state index in [1.807, 2.05) is 6.92 Å². The van der Waals surface area contributed by atoms with Gasteiger partial charge >= 0.3 is 0 Å². The summed E-state index contributed by atoms with van der Waals surface area (Å²) >= 11 is 0. The zero-order valence-electron chi connectivity index (χ0n) is 9.61. The molecule has 0 aliphatic rings. The van der Waals surface area contributed by atoms with E-state index in [4.69, 9.17) is 5.73 Å². The second-order valence-corrected chi connectivity index (χ2v) is 4.10. The van der Waals surface area contributed by atoms with Gasteiger partial charge in [-0.15, -0.1) is 0 Å². The highest BCUT2D eigenvalue weighted by atomic mass is 16.2. The van der Waals surface area contributed by atoms with Gasteiger partial charge in [0.05, 0.1) is 11.9 Å². The maximum atomic E-state index is 11.9. The number of amides is 1. The molecule has 5 nitrogen and oxygen atoms in total. The van der Waals surface area contributed by atoms with Gasteiger partial charge in [0.25, 0.3) is 5.91 Å². The van der Waals surface area contributed by atoms with E-state index >= 15 is 0 Å². The Morgan fingerprint density at radius 1 is 1.53 bits per heavy atom. The van der Waals surface area contributed by atoms with Crippen molar-refractivity contribution >= 4 is 11.6 Å². The molecule has 1 amide bonds. The van der Waals surface area contributed by atoms with Crippen LogP contribution in [0.3, 0.4) is 0 Å². The predicted octanol–water partition coefficient (Wildman–Crippen LogP) is 1.11. The first kappa shape index (κ1) is 11.6. The van der Waals surface area contributed by atoms with E-state index in [0.717, 1.165) is 0 Å². The number of anilines is 1. The summed E-state index contributed by atoms with van der Waals surface area (Å²) in [6, 6.07) is 0.167. The molecule has 0 fully saturated rings. The molecule has 1 aromatic rings. The summed E-state index contributed by atoms with van der Waals surface area (Å²) < 4.78 is 0. The Bertz CT molecular complexity index is 345. The lowest BCUT2D eigenvalue weighted by atomic mass is 10.0. The van der Waals surface area contributed by atoms with Crippen molar-refractivity contribution in [2.24, 2.45) is 5.92 Å². The highest BCUT2D eigenvalue weighted by Crippen LogP contribution is 2.14. The summed E-state index contributed by atoms with van der Waals surface area (Å²) in [6.07, 6.45) is 1.45. The van der Waals surface area contributed by atoms with Crippen molar-refractivity contribution in [3.8, 4) is 0 Å². The largest absolute Gasteiger partial charge is 0.396 e. The number of aromatic amines is 1. The third-order valence-electron chi connectivity index (χ3n) is 2.78. The van der Waals surface area contributed by atoms with Gasteiger partial charge in [0, 0.05) is 13.1 Å². The lowest BCUT2D eigenvalue weighted by Crippen LogP contribution is -2.38. The molecule has 1 atom stereocenters. The summed E-state index contributed by atoms with van der Waals surface area (Å²) in [4.78, 5) is 13.6. The molecule has 0 bridgehead atoms. The van der Waals surface area contributed by atoms with Gasteiger partial charge < -0.3 is 10.6 Å². The molecule has 84 valence electrons. The van der Waals surface area contributed by atoms with Gasteiger partial charge in [-0.3, -0.25) is 9.89 Å². The first-order valence-corrected chi connectivity index (χ1v) is 5.01. The number of hydrogen-bond donors (Lipinski definition) is 2. The Morgan fingerprint density at radius 2 is 2.13 bits per heavy atom. The van der Waals surface area contributed by atoms with E-state index in [-0.39, 0.29) is 11.9 Å². The fourth-order valence-corrected chi connectivity index (χ4v) is 1.28. The molecule has 1 aromatic heterocycles. The van der Waals surface area contributed by atoms with Gasteiger partial charge in [0.1, 0.15) is 5.69 Å². The van der Waals surface area contributed by atoms with Crippen LogP contribution in [0, 0.1) is 5.92 Å². The average Bonchev–Trinajstić information content (AvgIpc) is 2.60. The molecule has 1 unspecified atom stereocenters. The third-order valence-corrected chi connectivity index (χ3v) is 2.78. The van der Waals surface area contributed by atoms with Gasteiger partial charge in [-0.2, -0.15) is 5.10 Å². The fourth-order valence-electron chi connectivity index (χ4n) is 1.28. The standard InChI is InChI=1S/C10H18N4O/c1-6(2)7(3)14(4)10(15)9-8(11)5-12-13-9/h5-7H,11H2,1-4H3,(H,12,13). The quantitative estimate of drug-likeness (QED) is 0.784. The summed E-state index contributed by atoms with van der Waals surface area (Å²) in [5, 5.41) is 6.35. The summed E-state index contributed by atoms with van der Waals surface area (Å²) in [7, 11) is 1.77. The van der Waals surface area contributed by atoms with Crippen LogP contribution in [0.1, 0.15) is 31.3 Å². The fraction of sp³-hybridized carbons (Fsp3) is 0.600. The summed E-state index contributed by atoms with van der Waals surface area (Å²) in [5.74, 6) is 0.286. The number of rotatable bonds is 3. The molecule has 3 N–H and O–H groups in total. The van der Waals surface area contributed by atoms with E-state index in [0.29, 0.717) is 17.3 Å². The Labute approximate surface area is 89.6 Å². The Balaban J connectivity index is 2.82. The molecule has 0 spiro atoms. The van der Waals surface area contributed by atoms with Crippen LogP contribution in [-0.2, 0) is 0 Å². The van der Waals surface area contributed by atoms with Crippen molar-refractivity contribution in [2.45, 2.75) is 26.8 Å². The molecule has 0 aliphatic carbocycles. The number of carbonyl (C=O) groups is 1. The molecule has 0 aliphatic heterocycles. The van der Waals surface area contributed by atoms with Crippen LogP contribution in [0.25, 0.3) is 0 Å². The van der Waals surface area contributed by atoms with E-state index < -0.39 is 0 Å². The van der Waals surface area contributed by atoms with Crippen LogP contribution in [0.4, 0.5) is 5.69 Å². The van der Waals surface area contributed by atoms with Crippen LogP contribution >= 0.6 is 0 Å². The van der Waals surface area contributed by atoms with E-state index in [2.05, 4.69) is 24.0 Å². The minimum Gasteiger partial charge on any atom is -0.396 e. The maximum absolute atomic E-state index is 11.9. The first-order valence-electron chi connectivity index (χ1n) is 5.01. The number of nitrogens with zero attached hydrogens (tertiary/aromatic N) is 2. The number of H-pyrrole nitrogens is 1. The minimum absolute atomic E-state index is 0.119. The number of hydrogen-bond acceptors (Lipinski definition) is 3. The zero-order chi connectivity index (χ0) is 11.6. The van der Waals surface area contributed by atoms with Gasteiger partial charge in [-0.1, -0.05) is 13.8 Å². The van der Waals surface area contributed by atoms with E-state index in [1.54, 1.807) is 11.9 Å². The molecular weight excluding hydrogens is 192 g/mol. The molecular formula is C10H18N4O. The maximum Gasteiger partial charge on any atom is 0.274 e. The third kappa shape index (κ3) is 2.29. The van der Waals surface area contributed by atoms with Crippen LogP contribution in [0.15, 0.2) is 6.20 Å². The highest BCUT2D eigenvalue weighted by Gasteiger charge is 2.22. The number of nitrogens with one attached hydrogen (secondary N) is 1. The summed E-state index contributed by atoms with van der Waals surface area (Å²) in [6.45, 7) is 6.16. The first-order chi connectivity index (χ1) is 6.95. The average molecular weight is 210 g/mol. The predicted molar refractivity (Wildman–Crippen MR) is 59.4 cm³/mol. The van der Waals surface area contributed by atoms with Crippen molar-refractivity contribution in [1.29, 1.82) is 0 Å². The van der Waals surface area contributed by atoms with Crippen molar-refractivity contribution in [3.05, 3.63) is 11.9 Å². The molecule has 0 radical (unpaired) electrons. The molecule has 0 aromatic carbocycles. The highest BCUT2D eigenvalue weighted by molar-refractivity contribution is 5.96. The van der Waals surface area contributed by atoms with Gasteiger partial charge in [-0.25, -0.2) is 0 Å². The second-order valence-electron chi connectivity index (χ2n) is 4.10. The topological polar surface area (TPSA) is 75.0 Å². The van der Waals surface area contributed by atoms with Crippen LogP contribution in [0.5, 0.6) is 0 Å². The number of nitrogen functional groups attached to an aromatic ring is 1. The number of nitrogens with two attached hydrogens (primary N) is 1. The summed E-state index contributed by atoms with van der Waals surface area (Å²) in [5.41, 5.74) is 6.37. The van der Waals surface area contributed by atoms with Crippen molar-refractivity contribution < 1.29 is 4.79 Å². The smallest absolute Gasteiger partial charge is 0.274 e. The van der Waals surface area contributed by atoms with Gasteiger partial charge in [0.15, 0.2) is 0 Å². The molecule has 1 heterocycles. The Hall–Kier alpha value is -1.52. The second kappa shape index (κ2) is 4.33. The normalized spacial score (nSPS) is 12.9. The van der Waals surface area contributed by atoms with Crippen molar-refractivity contribution in [3.63, 3.8) is 0 Å². The van der Waals surface area contributed by atoms with Crippen molar-refractivity contribution in [1.82, 2.24) is 15.1 Å². The molecule has 0 saturated heterocycles. The minimum atomic E-state index is -0.119. The van der Waals surface area contributed by atoms with Gasteiger partial charge in [0.2, 0.25) is 0 Å². The number of carbonyl (C=O) groups excluding carboxylic acids is 1. The van der Waals surface area contributed by atoms with Crippen LogP contribution in [-0.4, -0.2) is 34.1 Å². The SMILES string of the molecule is CC(C)C(C)N(C)C(=O)c1[nH]ncc1N. The molecule has 1 rings (SSSR count). The lowest BCUT2D eigenvalue weighted by Gasteiger charge is -2.27. The molecule has 0 saturated carbocycles. The lowest BCUT2D eigenvalue weighted by molar-refractivity contribution is 0.0702. The molecule has 15 heavy (non-hydrogen) atoms. The monoisotopic (exact) mass is 210 g/mol. The Kier molecular flexibility index (Phi) is 3.34. The molecule has 5 heteroatoms. The van der Waals surface area contributed by atoms with Gasteiger partial charge in [-0.05, 0) is 12.8 Å². The van der Waals surface area contributed by atoms with Crippen LogP contribution in [0.2, 0.25) is 0 Å². The van der Waals surface area contributed by atoms with E-state index in [9.17, 15) is 4.79 Å².